The summed E-state index contributed by atoms with van der Waals surface area (Å²) in [5.41, 5.74) is 1.30. The summed E-state index contributed by atoms with van der Waals surface area (Å²) in [5.74, 6) is -0.845. The summed E-state index contributed by atoms with van der Waals surface area (Å²) in [6.07, 6.45) is 0.766. The van der Waals surface area contributed by atoms with Crippen molar-refractivity contribution in [2.75, 3.05) is 0 Å². The number of carboxylic acids is 1. The predicted octanol–water partition coefficient (Wildman–Crippen LogP) is 1.94. The molecule has 0 aliphatic rings. The third-order valence-electron chi connectivity index (χ3n) is 1.63. The maximum atomic E-state index is 10.6. The summed E-state index contributed by atoms with van der Waals surface area (Å²) in [4.78, 5) is 10.6. The van der Waals surface area contributed by atoms with E-state index < -0.39 is 5.97 Å². The van der Waals surface area contributed by atoms with E-state index in [0.717, 1.165) is 12.0 Å². The van der Waals surface area contributed by atoms with Crippen molar-refractivity contribution < 1.29 is 26.4 Å². The maximum absolute atomic E-state index is 10.6. The summed E-state index contributed by atoms with van der Waals surface area (Å²) in [6, 6.07) is 7.05. The average molecular weight is 209 g/mol. The van der Waals surface area contributed by atoms with Crippen LogP contribution in [0.5, 0.6) is 0 Å². The first-order chi connectivity index (χ1) is 5.25. The third-order valence-corrected chi connectivity index (χ3v) is 1.63. The summed E-state index contributed by atoms with van der Waals surface area (Å²) >= 11 is 0. The van der Waals surface area contributed by atoms with Crippen LogP contribution in [0.1, 0.15) is 22.8 Å². The molecule has 0 bridgehead atoms. The minimum Gasteiger partial charge on any atom is -0.478 e. The predicted molar refractivity (Wildman–Crippen MR) is 42.8 cm³/mol. The van der Waals surface area contributed by atoms with Gasteiger partial charge in [0.1, 0.15) is 0 Å². The van der Waals surface area contributed by atoms with Crippen LogP contribution in [0.4, 0.5) is 0 Å². The quantitative estimate of drug-likeness (QED) is 0.755. The minimum absolute atomic E-state index is 0. The summed E-state index contributed by atoms with van der Waals surface area (Å²) in [7, 11) is 0. The van der Waals surface area contributed by atoms with Gasteiger partial charge in [0.25, 0.3) is 0 Å². The standard InChI is InChI=1S/C9H10O2.Ni/c1-2-7-5-3-4-6-8(7)9(10)11;/h3-6H,2H2,1H3,(H,10,11);. The molecule has 0 aliphatic heterocycles. The Kier molecular flexibility index (Phi) is 4.61. The van der Waals surface area contributed by atoms with Gasteiger partial charge >= 0.3 is 5.97 Å². The zero-order valence-corrected chi connectivity index (χ0v) is 7.68. The monoisotopic (exact) mass is 208 g/mol. The number of hydrogen-bond donors (Lipinski definition) is 1. The van der Waals surface area contributed by atoms with E-state index >= 15 is 0 Å². The molecule has 1 rings (SSSR count). The van der Waals surface area contributed by atoms with Crippen molar-refractivity contribution in [2.45, 2.75) is 13.3 Å². The van der Waals surface area contributed by atoms with Crippen LogP contribution in [-0.2, 0) is 22.9 Å². The van der Waals surface area contributed by atoms with Crippen molar-refractivity contribution in [2.24, 2.45) is 0 Å². The molecular weight excluding hydrogens is 199 g/mol. The Bertz CT molecular complexity index is 271. The van der Waals surface area contributed by atoms with Crippen molar-refractivity contribution in [3.63, 3.8) is 0 Å². The third kappa shape index (κ3) is 2.35. The first-order valence-electron chi connectivity index (χ1n) is 3.57. The van der Waals surface area contributed by atoms with Crippen LogP contribution in [0.3, 0.4) is 0 Å². The molecule has 0 unspecified atom stereocenters. The van der Waals surface area contributed by atoms with Crippen LogP contribution in [0.15, 0.2) is 24.3 Å². The number of aromatic carboxylic acids is 1. The summed E-state index contributed by atoms with van der Waals surface area (Å²) in [5, 5.41) is 8.70. The SMILES string of the molecule is CCc1ccccc1C(=O)O.[Ni]. The molecule has 0 saturated carbocycles. The second-order valence-corrected chi connectivity index (χ2v) is 2.32. The molecule has 12 heavy (non-hydrogen) atoms. The Balaban J connectivity index is 0.00000121. The van der Waals surface area contributed by atoms with Gasteiger partial charge in [0.05, 0.1) is 5.56 Å². The van der Waals surface area contributed by atoms with E-state index in [-0.39, 0.29) is 16.5 Å². The molecule has 0 aliphatic carbocycles. The van der Waals surface area contributed by atoms with Crippen molar-refractivity contribution in [3.8, 4) is 0 Å². The molecule has 68 valence electrons. The number of benzene rings is 1. The smallest absolute Gasteiger partial charge is 0.335 e. The van der Waals surface area contributed by atoms with Crippen LogP contribution < -0.4 is 0 Å². The van der Waals surface area contributed by atoms with Crippen LogP contribution >= 0.6 is 0 Å². The van der Waals surface area contributed by atoms with Gasteiger partial charge in [0.15, 0.2) is 0 Å². The molecule has 3 heteroatoms. The fraction of sp³-hybridized carbons (Fsp3) is 0.222. The van der Waals surface area contributed by atoms with Crippen LogP contribution in [0, 0.1) is 0 Å². The number of carboxylic acid groups (broad SMARTS) is 1. The molecule has 0 amide bonds. The van der Waals surface area contributed by atoms with E-state index in [1.807, 2.05) is 19.1 Å². The summed E-state index contributed by atoms with van der Waals surface area (Å²) < 4.78 is 0. The van der Waals surface area contributed by atoms with Crippen molar-refractivity contribution >= 4 is 5.97 Å². The minimum atomic E-state index is -0.845. The van der Waals surface area contributed by atoms with Crippen LogP contribution in [-0.4, -0.2) is 11.1 Å². The Labute approximate surface area is 81.5 Å². The van der Waals surface area contributed by atoms with E-state index in [1.54, 1.807) is 12.1 Å². The van der Waals surface area contributed by atoms with Crippen molar-refractivity contribution in [1.82, 2.24) is 0 Å². The Hall–Kier alpha value is -0.816. The Morgan fingerprint density at radius 2 is 2.00 bits per heavy atom. The molecule has 0 fully saturated rings. The molecule has 0 heterocycles. The van der Waals surface area contributed by atoms with E-state index in [0.29, 0.717) is 5.56 Å². The number of rotatable bonds is 2. The number of hydrogen-bond acceptors (Lipinski definition) is 1. The molecule has 0 saturated heterocycles. The molecule has 1 aromatic carbocycles. The molecule has 0 spiro atoms. The molecule has 0 aromatic heterocycles. The van der Waals surface area contributed by atoms with Gasteiger partial charge < -0.3 is 5.11 Å². The summed E-state index contributed by atoms with van der Waals surface area (Å²) in [6.45, 7) is 1.95. The fourth-order valence-electron chi connectivity index (χ4n) is 1.04. The Morgan fingerprint density at radius 3 is 2.42 bits per heavy atom. The van der Waals surface area contributed by atoms with Crippen molar-refractivity contribution in [1.29, 1.82) is 0 Å². The zero-order valence-electron chi connectivity index (χ0n) is 6.69. The maximum Gasteiger partial charge on any atom is 0.335 e. The fourth-order valence-corrected chi connectivity index (χ4v) is 1.04. The van der Waals surface area contributed by atoms with Gasteiger partial charge in [-0.2, -0.15) is 0 Å². The second-order valence-electron chi connectivity index (χ2n) is 2.32. The molecule has 1 N–H and O–H groups in total. The molecular formula is C9H10NiO2. The second kappa shape index (κ2) is 4.94. The molecule has 2 nitrogen and oxygen atoms in total. The van der Waals surface area contributed by atoms with E-state index in [2.05, 4.69) is 0 Å². The van der Waals surface area contributed by atoms with E-state index in [4.69, 9.17) is 5.11 Å². The van der Waals surface area contributed by atoms with Crippen molar-refractivity contribution in [3.05, 3.63) is 35.4 Å². The largest absolute Gasteiger partial charge is 0.478 e. The average Bonchev–Trinajstić information content (AvgIpc) is 2.04. The van der Waals surface area contributed by atoms with Gasteiger partial charge in [-0.25, -0.2) is 4.79 Å². The first-order valence-corrected chi connectivity index (χ1v) is 3.57. The number of carbonyl (C=O) groups is 1. The van der Waals surface area contributed by atoms with Crippen LogP contribution in [0.25, 0.3) is 0 Å². The van der Waals surface area contributed by atoms with Crippen LogP contribution in [0.2, 0.25) is 0 Å². The van der Waals surface area contributed by atoms with Gasteiger partial charge in [0.2, 0.25) is 0 Å². The van der Waals surface area contributed by atoms with Gasteiger partial charge in [-0.05, 0) is 18.1 Å². The van der Waals surface area contributed by atoms with E-state index in [1.165, 1.54) is 0 Å². The molecule has 0 radical (unpaired) electrons. The number of aryl methyl sites for hydroxylation is 1. The van der Waals surface area contributed by atoms with E-state index in [9.17, 15) is 4.79 Å². The zero-order chi connectivity index (χ0) is 8.27. The molecule has 1 aromatic rings. The topological polar surface area (TPSA) is 37.3 Å². The normalized spacial score (nSPS) is 8.75. The van der Waals surface area contributed by atoms with Gasteiger partial charge in [-0.15, -0.1) is 0 Å². The van der Waals surface area contributed by atoms with Gasteiger partial charge in [-0.3, -0.25) is 0 Å². The van der Waals surface area contributed by atoms with Gasteiger partial charge in [0, 0.05) is 16.5 Å². The molecule has 0 atom stereocenters. The Morgan fingerprint density at radius 1 is 1.42 bits per heavy atom. The van der Waals surface area contributed by atoms with Gasteiger partial charge in [-0.1, -0.05) is 25.1 Å². The first kappa shape index (κ1) is 11.2.